The first kappa shape index (κ1) is 39.9. The number of unbranched alkanes of at least 4 members (excludes halogenated alkanes) is 1. The first-order chi connectivity index (χ1) is 25.3. The Labute approximate surface area is 309 Å². The Kier molecular flexibility index (Phi) is 13.6. The summed E-state index contributed by atoms with van der Waals surface area (Å²) in [5.74, 6) is -0.360. The van der Waals surface area contributed by atoms with E-state index in [-0.39, 0.29) is 23.2 Å². The number of benzene rings is 3. The van der Waals surface area contributed by atoms with E-state index in [1.807, 2.05) is 69.6 Å². The monoisotopic (exact) mass is 724 g/mol. The van der Waals surface area contributed by atoms with Gasteiger partial charge in [-0.3, -0.25) is 4.79 Å². The lowest BCUT2D eigenvalue weighted by atomic mass is 10.1. The van der Waals surface area contributed by atoms with Crippen molar-refractivity contribution in [3.05, 3.63) is 124 Å². The number of halogens is 1. The maximum absolute atomic E-state index is 12.8. The summed E-state index contributed by atoms with van der Waals surface area (Å²) in [7, 11) is 1.38. The van der Waals surface area contributed by atoms with E-state index >= 15 is 0 Å². The number of hydrogen-bond acceptors (Lipinski definition) is 8. The molecule has 0 bridgehead atoms. The van der Waals surface area contributed by atoms with Crippen LogP contribution in [-0.4, -0.2) is 57.7 Å². The van der Waals surface area contributed by atoms with E-state index < -0.39 is 5.82 Å². The topological polar surface area (TPSA) is 140 Å². The van der Waals surface area contributed by atoms with Gasteiger partial charge in [-0.05, 0) is 114 Å². The van der Waals surface area contributed by atoms with E-state index in [0.29, 0.717) is 24.2 Å². The summed E-state index contributed by atoms with van der Waals surface area (Å²) >= 11 is 0. The molecule has 0 spiro atoms. The lowest BCUT2D eigenvalue weighted by Crippen LogP contribution is -2.03. The standard InChI is InChI=1S/C15H18N2O3.C15H20N2O.C11H11FN2O/c1-10-12(8-9-15(19)20-3)11(2)17(16-10)13-6-4-5-7-14(13)18;1-4-5-8-13-11(2)16-17(12(13)3)14-9-6-7-10-15(14)18;1-7-5-8(2)14(13-7)10-4-3-9(12)6-11(10)15/h4-7,18H,8-9H2,1-3H3;6-7,9-10,18H,4-5,8H2,1-3H3;3-6,15H,1-2H3. The number of carbonyl (C=O) groups is 1. The van der Waals surface area contributed by atoms with Crippen LogP contribution >= 0.6 is 0 Å². The molecule has 6 aromatic rings. The minimum atomic E-state index is -0.460. The molecule has 12 heteroatoms. The highest BCUT2D eigenvalue weighted by atomic mass is 19.1. The number of esters is 1. The summed E-state index contributed by atoms with van der Waals surface area (Å²) in [6.45, 7) is 13.9. The normalized spacial score (nSPS) is 10.7. The van der Waals surface area contributed by atoms with Crippen molar-refractivity contribution in [2.45, 2.75) is 80.6 Å². The Morgan fingerprint density at radius 2 is 1.19 bits per heavy atom. The van der Waals surface area contributed by atoms with Gasteiger partial charge >= 0.3 is 5.97 Å². The predicted molar refractivity (Wildman–Crippen MR) is 203 cm³/mol. The van der Waals surface area contributed by atoms with Crippen LogP contribution in [-0.2, 0) is 22.4 Å². The first-order valence-electron chi connectivity index (χ1n) is 17.5. The number of phenols is 3. The minimum Gasteiger partial charge on any atom is -0.506 e. The lowest BCUT2D eigenvalue weighted by Gasteiger charge is -2.07. The summed E-state index contributed by atoms with van der Waals surface area (Å²) in [4.78, 5) is 11.2. The van der Waals surface area contributed by atoms with Crippen LogP contribution in [0.4, 0.5) is 4.39 Å². The summed E-state index contributed by atoms with van der Waals surface area (Å²) < 4.78 is 22.6. The molecular formula is C41H49FN6O5. The molecule has 3 N–H and O–H groups in total. The second-order valence-corrected chi connectivity index (χ2v) is 12.8. The highest BCUT2D eigenvalue weighted by Gasteiger charge is 2.17. The number of aryl methyl sites for hydroxylation is 4. The van der Waals surface area contributed by atoms with Crippen molar-refractivity contribution >= 4 is 5.97 Å². The molecule has 0 aliphatic rings. The number of para-hydroxylation sites is 4. The molecule has 6 rings (SSSR count). The largest absolute Gasteiger partial charge is 0.506 e. The van der Waals surface area contributed by atoms with Crippen LogP contribution in [0.5, 0.6) is 17.2 Å². The van der Waals surface area contributed by atoms with Crippen molar-refractivity contribution in [2.24, 2.45) is 0 Å². The molecule has 0 radical (unpaired) electrons. The summed E-state index contributed by atoms with van der Waals surface area (Å²) in [5, 5.41) is 42.6. The molecular weight excluding hydrogens is 675 g/mol. The van der Waals surface area contributed by atoms with Crippen molar-refractivity contribution in [3.8, 4) is 34.3 Å². The SMILES string of the molecule is CCCCc1c(C)nn(-c2ccccc2O)c1C.COC(=O)CCc1c(C)nn(-c2ccccc2O)c1C.Cc1cc(C)n(-c2ccc(F)cc2O)n1. The van der Waals surface area contributed by atoms with E-state index in [2.05, 4.69) is 33.9 Å². The highest BCUT2D eigenvalue weighted by molar-refractivity contribution is 5.69. The van der Waals surface area contributed by atoms with Gasteiger partial charge in [0, 0.05) is 29.6 Å². The number of nitrogens with zero attached hydrogens (tertiary/aromatic N) is 6. The third-order valence-corrected chi connectivity index (χ3v) is 8.86. The van der Waals surface area contributed by atoms with Gasteiger partial charge in [-0.25, -0.2) is 18.4 Å². The second-order valence-electron chi connectivity index (χ2n) is 12.8. The van der Waals surface area contributed by atoms with Crippen molar-refractivity contribution in [3.63, 3.8) is 0 Å². The molecule has 0 unspecified atom stereocenters. The Bertz CT molecular complexity index is 2170. The van der Waals surface area contributed by atoms with Crippen LogP contribution < -0.4 is 0 Å². The van der Waals surface area contributed by atoms with Gasteiger partial charge in [0.1, 0.15) is 40.1 Å². The highest BCUT2D eigenvalue weighted by Crippen LogP contribution is 2.27. The third kappa shape index (κ3) is 9.70. The van der Waals surface area contributed by atoms with Gasteiger partial charge < -0.3 is 20.1 Å². The molecule has 3 heterocycles. The molecule has 11 nitrogen and oxygen atoms in total. The van der Waals surface area contributed by atoms with Crippen molar-refractivity contribution in [1.29, 1.82) is 0 Å². The number of phenolic OH excluding ortho intramolecular Hbond substituents is 3. The average molecular weight is 725 g/mol. The molecule has 0 aliphatic carbocycles. The van der Waals surface area contributed by atoms with Crippen molar-refractivity contribution in [2.75, 3.05) is 7.11 Å². The van der Waals surface area contributed by atoms with Crippen molar-refractivity contribution in [1.82, 2.24) is 29.3 Å². The summed E-state index contributed by atoms with van der Waals surface area (Å²) in [5.41, 5.74) is 9.92. The number of ether oxygens (including phenoxy) is 1. The smallest absolute Gasteiger partial charge is 0.305 e. The molecule has 0 aliphatic heterocycles. The molecule has 53 heavy (non-hydrogen) atoms. The number of aromatic nitrogens is 6. The van der Waals surface area contributed by atoms with Crippen LogP contribution in [0.1, 0.15) is 71.5 Å². The molecule has 3 aromatic carbocycles. The molecule has 0 atom stereocenters. The maximum Gasteiger partial charge on any atom is 0.305 e. The molecule has 0 saturated heterocycles. The van der Waals surface area contributed by atoms with Gasteiger partial charge in [-0.1, -0.05) is 37.6 Å². The molecule has 0 fully saturated rings. The van der Waals surface area contributed by atoms with E-state index in [9.17, 15) is 24.5 Å². The zero-order valence-electron chi connectivity index (χ0n) is 31.7. The average Bonchev–Trinajstić information content (AvgIpc) is 3.72. The van der Waals surface area contributed by atoms with Gasteiger partial charge in [-0.15, -0.1) is 0 Å². The lowest BCUT2D eigenvalue weighted by molar-refractivity contribution is -0.140. The fraction of sp³-hybridized carbons (Fsp3) is 0.317. The van der Waals surface area contributed by atoms with E-state index in [1.54, 1.807) is 33.6 Å². The van der Waals surface area contributed by atoms with Gasteiger partial charge in [0.2, 0.25) is 0 Å². The summed E-state index contributed by atoms with van der Waals surface area (Å²) in [6.07, 6.45) is 4.32. The summed E-state index contributed by atoms with van der Waals surface area (Å²) in [6, 6.07) is 20.1. The van der Waals surface area contributed by atoms with Gasteiger partial charge in [0.25, 0.3) is 0 Å². The minimum absolute atomic E-state index is 0.110. The van der Waals surface area contributed by atoms with Gasteiger partial charge in [0.15, 0.2) is 0 Å². The third-order valence-electron chi connectivity index (χ3n) is 8.86. The van der Waals surface area contributed by atoms with Crippen molar-refractivity contribution < 1.29 is 29.2 Å². The number of hydrogen-bond donors (Lipinski definition) is 3. The number of aromatic hydroxyl groups is 3. The fourth-order valence-corrected chi connectivity index (χ4v) is 6.06. The van der Waals surface area contributed by atoms with Gasteiger partial charge in [0.05, 0.1) is 24.2 Å². The first-order valence-corrected chi connectivity index (χ1v) is 17.5. The molecule has 3 aromatic heterocycles. The zero-order valence-corrected chi connectivity index (χ0v) is 31.7. The molecule has 0 saturated carbocycles. The zero-order chi connectivity index (χ0) is 38.8. The number of methoxy groups -OCH3 is 1. The van der Waals surface area contributed by atoms with E-state index in [0.717, 1.165) is 57.9 Å². The Morgan fingerprint density at radius 3 is 1.64 bits per heavy atom. The van der Waals surface area contributed by atoms with E-state index in [4.69, 9.17) is 0 Å². The van der Waals surface area contributed by atoms with Gasteiger partial charge in [-0.2, -0.15) is 15.3 Å². The van der Waals surface area contributed by atoms with Crippen LogP contribution in [0.2, 0.25) is 0 Å². The van der Waals surface area contributed by atoms with Crippen LogP contribution in [0.25, 0.3) is 17.1 Å². The number of carbonyl (C=O) groups excluding carboxylic acids is 1. The maximum atomic E-state index is 12.8. The van der Waals surface area contributed by atoms with E-state index in [1.165, 1.54) is 37.6 Å². The van der Waals surface area contributed by atoms with Crippen LogP contribution in [0.15, 0.2) is 72.8 Å². The molecule has 280 valence electrons. The Balaban J connectivity index is 0.000000179. The quantitative estimate of drug-likeness (QED) is 0.127. The Morgan fingerprint density at radius 1 is 0.679 bits per heavy atom. The second kappa shape index (κ2) is 18.0. The molecule has 0 amide bonds. The number of rotatable bonds is 9. The van der Waals surface area contributed by atoms with Crippen LogP contribution in [0.3, 0.4) is 0 Å². The Hall–Kier alpha value is -5.91. The predicted octanol–water partition coefficient (Wildman–Crippen LogP) is 8.17. The van der Waals surface area contributed by atoms with Crippen LogP contribution in [0, 0.1) is 47.4 Å². The fourth-order valence-electron chi connectivity index (χ4n) is 6.06.